The summed E-state index contributed by atoms with van der Waals surface area (Å²) in [6.07, 6.45) is 2.64. The fourth-order valence-corrected chi connectivity index (χ4v) is 2.76. The van der Waals surface area contributed by atoms with E-state index in [1.54, 1.807) is 13.0 Å². The van der Waals surface area contributed by atoms with Crippen molar-refractivity contribution in [1.29, 1.82) is 5.26 Å². The zero-order valence-electron chi connectivity index (χ0n) is 15.8. The van der Waals surface area contributed by atoms with Gasteiger partial charge in [0, 0.05) is 31.0 Å². The van der Waals surface area contributed by atoms with Gasteiger partial charge in [0.05, 0.1) is 6.54 Å². The Morgan fingerprint density at radius 3 is 2.52 bits per heavy atom. The molecule has 136 valence electrons. The van der Waals surface area contributed by atoms with Crippen LogP contribution in [-0.2, 0) is 16.1 Å². The zero-order valence-corrected chi connectivity index (χ0v) is 15.8. The number of carbonyl (C=O) groups excluding carboxylic acids is 2. The quantitative estimate of drug-likeness (QED) is 0.581. The predicted octanol–water partition coefficient (Wildman–Crippen LogP) is 2.41. The molecule has 0 aromatic carbocycles. The molecule has 1 heterocycles. The highest BCUT2D eigenvalue weighted by molar-refractivity contribution is 6.03. The molecule has 0 aliphatic rings. The fraction of sp³-hybridized carbons (Fsp3) is 0.526. The van der Waals surface area contributed by atoms with Gasteiger partial charge in [0.15, 0.2) is 0 Å². The molecule has 0 aliphatic heterocycles. The van der Waals surface area contributed by atoms with Crippen molar-refractivity contribution >= 4 is 17.9 Å². The van der Waals surface area contributed by atoms with Gasteiger partial charge in [-0.15, -0.1) is 0 Å². The van der Waals surface area contributed by atoms with Crippen molar-refractivity contribution in [1.82, 2.24) is 14.8 Å². The number of aromatic nitrogens is 1. The molecule has 0 bridgehead atoms. The standard InChI is InChI=1S/C19H28N4O2/c1-6-9-23-14(4)10-16(15(23)5)11-17(12-20)19(25)22(8-3)13-18(24)21-7-2/h10-11H,6-9,13H2,1-5H3,(H,21,24)/b17-11+. The number of hydrogen-bond acceptors (Lipinski definition) is 3. The Morgan fingerprint density at radius 1 is 1.32 bits per heavy atom. The predicted molar refractivity (Wildman–Crippen MR) is 98.7 cm³/mol. The van der Waals surface area contributed by atoms with Crippen LogP contribution in [0.15, 0.2) is 11.6 Å². The van der Waals surface area contributed by atoms with Gasteiger partial charge in [-0.25, -0.2) is 0 Å². The van der Waals surface area contributed by atoms with Crippen LogP contribution in [0, 0.1) is 25.2 Å². The van der Waals surface area contributed by atoms with Crippen molar-refractivity contribution in [2.45, 2.75) is 47.6 Å². The lowest BCUT2D eigenvalue weighted by molar-refractivity contribution is -0.132. The molecule has 0 fully saturated rings. The maximum atomic E-state index is 12.6. The van der Waals surface area contributed by atoms with Crippen LogP contribution in [-0.4, -0.2) is 40.9 Å². The van der Waals surface area contributed by atoms with E-state index in [1.165, 1.54) is 4.90 Å². The molecule has 0 unspecified atom stereocenters. The zero-order chi connectivity index (χ0) is 19.0. The Morgan fingerprint density at radius 2 is 2.00 bits per heavy atom. The summed E-state index contributed by atoms with van der Waals surface area (Å²) >= 11 is 0. The molecular formula is C19H28N4O2. The first-order chi connectivity index (χ1) is 11.9. The second-order valence-electron chi connectivity index (χ2n) is 5.92. The van der Waals surface area contributed by atoms with Crippen LogP contribution >= 0.6 is 0 Å². The summed E-state index contributed by atoms with van der Waals surface area (Å²) in [5, 5.41) is 12.1. The van der Waals surface area contributed by atoms with Gasteiger partial charge in [0.25, 0.3) is 5.91 Å². The minimum absolute atomic E-state index is 0.0443. The number of likely N-dealkylation sites (N-methyl/N-ethyl adjacent to an activating group) is 2. The normalized spacial score (nSPS) is 11.1. The maximum Gasteiger partial charge on any atom is 0.264 e. The third-order valence-electron chi connectivity index (χ3n) is 4.09. The van der Waals surface area contributed by atoms with Crippen molar-refractivity contribution < 1.29 is 9.59 Å². The fourth-order valence-electron chi connectivity index (χ4n) is 2.76. The first-order valence-corrected chi connectivity index (χ1v) is 8.73. The van der Waals surface area contributed by atoms with E-state index in [-0.39, 0.29) is 18.0 Å². The van der Waals surface area contributed by atoms with Crippen molar-refractivity contribution in [2.75, 3.05) is 19.6 Å². The first kappa shape index (κ1) is 20.5. The number of nitriles is 1. The highest BCUT2D eigenvalue weighted by Crippen LogP contribution is 2.19. The van der Waals surface area contributed by atoms with Crippen LogP contribution < -0.4 is 5.32 Å². The monoisotopic (exact) mass is 344 g/mol. The van der Waals surface area contributed by atoms with E-state index in [9.17, 15) is 14.9 Å². The SMILES string of the molecule is CCCn1c(C)cc(/C=C(\C#N)C(=O)N(CC)CC(=O)NCC)c1C. The third kappa shape index (κ3) is 5.21. The second kappa shape index (κ2) is 9.67. The molecule has 0 spiro atoms. The van der Waals surface area contributed by atoms with Gasteiger partial charge in [0.2, 0.25) is 5.91 Å². The lowest BCUT2D eigenvalue weighted by atomic mass is 10.1. The molecular weight excluding hydrogens is 316 g/mol. The van der Waals surface area contributed by atoms with Crippen LogP contribution in [0.4, 0.5) is 0 Å². The highest BCUT2D eigenvalue weighted by Gasteiger charge is 2.20. The van der Waals surface area contributed by atoms with E-state index in [0.717, 1.165) is 29.9 Å². The van der Waals surface area contributed by atoms with Gasteiger partial charge in [-0.05, 0) is 51.8 Å². The molecule has 6 nitrogen and oxygen atoms in total. The Kier molecular flexibility index (Phi) is 7.93. The van der Waals surface area contributed by atoms with Gasteiger partial charge in [0.1, 0.15) is 11.6 Å². The molecule has 25 heavy (non-hydrogen) atoms. The minimum atomic E-state index is -0.420. The lowest BCUT2D eigenvalue weighted by Crippen LogP contribution is -2.41. The summed E-state index contributed by atoms with van der Waals surface area (Å²) in [5.41, 5.74) is 3.05. The van der Waals surface area contributed by atoms with Crippen molar-refractivity contribution in [3.8, 4) is 6.07 Å². The summed E-state index contributed by atoms with van der Waals surface area (Å²) in [4.78, 5) is 25.8. The Hall–Kier alpha value is -2.55. The van der Waals surface area contributed by atoms with E-state index in [4.69, 9.17) is 0 Å². The summed E-state index contributed by atoms with van der Waals surface area (Å²) < 4.78 is 2.18. The Labute approximate surface area is 150 Å². The molecule has 0 atom stereocenters. The van der Waals surface area contributed by atoms with Gasteiger partial charge >= 0.3 is 0 Å². The van der Waals surface area contributed by atoms with Gasteiger partial charge < -0.3 is 14.8 Å². The summed E-state index contributed by atoms with van der Waals surface area (Å²) in [7, 11) is 0. The van der Waals surface area contributed by atoms with Gasteiger partial charge in [-0.1, -0.05) is 6.92 Å². The molecule has 1 aromatic heterocycles. The molecule has 1 aromatic rings. The number of aryl methyl sites for hydroxylation is 1. The van der Waals surface area contributed by atoms with E-state index in [1.807, 2.05) is 32.9 Å². The van der Waals surface area contributed by atoms with Gasteiger partial charge in [-0.3, -0.25) is 9.59 Å². The number of rotatable bonds is 8. The number of carbonyl (C=O) groups is 2. The summed E-state index contributed by atoms with van der Waals surface area (Å²) in [6.45, 7) is 11.5. The highest BCUT2D eigenvalue weighted by atomic mass is 16.2. The second-order valence-corrected chi connectivity index (χ2v) is 5.92. The average Bonchev–Trinajstić information content (AvgIpc) is 2.85. The van der Waals surface area contributed by atoms with Crippen molar-refractivity contribution in [3.05, 3.63) is 28.6 Å². The first-order valence-electron chi connectivity index (χ1n) is 8.73. The molecule has 0 radical (unpaired) electrons. The van der Waals surface area contributed by atoms with E-state index >= 15 is 0 Å². The molecule has 0 saturated carbocycles. The summed E-state index contributed by atoms with van der Waals surface area (Å²) in [5.74, 6) is -0.646. The lowest BCUT2D eigenvalue weighted by Gasteiger charge is -2.19. The molecule has 0 aliphatic carbocycles. The molecule has 1 N–H and O–H groups in total. The van der Waals surface area contributed by atoms with E-state index in [0.29, 0.717) is 13.1 Å². The molecule has 6 heteroatoms. The van der Waals surface area contributed by atoms with E-state index < -0.39 is 5.91 Å². The van der Waals surface area contributed by atoms with Crippen LogP contribution in [0.2, 0.25) is 0 Å². The number of hydrogen-bond donors (Lipinski definition) is 1. The molecule has 2 amide bonds. The van der Waals surface area contributed by atoms with Gasteiger partial charge in [-0.2, -0.15) is 5.26 Å². The van der Waals surface area contributed by atoms with Crippen molar-refractivity contribution in [3.63, 3.8) is 0 Å². The topological polar surface area (TPSA) is 78.1 Å². The maximum absolute atomic E-state index is 12.6. The molecule has 1 rings (SSSR count). The largest absolute Gasteiger partial charge is 0.355 e. The molecule has 0 saturated heterocycles. The Balaban J connectivity index is 3.10. The average molecular weight is 344 g/mol. The third-order valence-corrected chi connectivity index (χ3v) is 4.09. The van der Waals surface area contributed by atoms with Crippen LogP contribution in [0.3, 0.4) is 0 Å². The Bertz CT molecular complexity index is 695. The van der Waals surface area contributed by atoms with E-state index in [2.05, 4.69) is 16.8 Å². The number of nitrogens with zero attached hydrogens (tertiary/aromatic N) is 3. The van der Waals surface area contributed by atoms with Crippen LogP contribution in [0.1, 0.15) is 44.1 Å². The van der Waals surface area contributed by atoms with Crippen LogP contribution in [0.5, 0.6) is 0 Å². The van der Waals surface area contributed by atoms with Crippen LogP contribution in [0.25, 0.3) is 6.08 Å². The smallest absolute Gasteiger partial charge is 0.264 e. The minimum Gasteiger partial charge on any atom is -0.355 e. The number of nitrogens with one attached hydrogen (secondary N) is 1. The summed E-state index contributed by atoms with van der Waals surface area (Å²) in [6, 6.07) is 3.97. The van der Waals surface area contributed by atoms with Crippen molar-refractivity contribution in [2.24, 2.45) is 0 Å². The number of amides is 2.